The van der Waals surface area contributed by atoms with Crippen LogP contribution in [0.4, 0.5) is 15.5 Å². The molecule has 1 aliphatic rings. The molecule has 5 rings (SSSR count). The molecule has 4 aromatic rings. The first kappa shape index (κ1) is 36.4. The van der Waals surface area contributed by atoms with Crippen LogP contribution in [0.15, 0.2) is 82.0 Å². The van der Waals surface area contributed by atoms with Crippen molar-refractivity contribution in [2.75, 3.05) is 30.0 Å². The minimum absolute atomic E-state index is 0.0149. The molecule has 0 bridgehead atoms. The van der Waals surface area contributed by atoms with Gasteiger partial charge in [-0.25, -0.2) is 9.59 Å². The monoisotopic (exact) mass is 732 g/mol. The lowest BCUT2D eigenvalue weighted by Crippen LogP contribution is -2.39. The quantitative estimate of drug-likeness (QED) is 0.0897. The molecule has 0 fully saturated rings. The fraction of sp³-hybridized carbons (Fsp3) is 0.250. The van der Waals surface area contributed by atoms with E-state index >= 15 is 0 Å². The van der Waals surface area contributed by atoms with Crippen molar-refractivity contribution in [1.29, 1.82) is 0 Å². The van der Waals surface area contributed by atoms with Crippen LogP contribution in [0.3, 0.4) is 0 Å². The van der Waals surface area contributed by atoms with Crippen LogP contribution < -0.4 is 16.0 Å². The molecule has 14 heteroatoms. The van der Waals surface area contributed by atoms with Crippen LogP contribution in [-0.4, -0.2) is 59.7 Å². The molecule has 50 heavy (non-hydrogen) atoms. The first-order chi connectivity index (χ1) is 23.9. The highest BCUT2D eigenvalue weighted by Crippen LogP contribution is 2.38. The molecule has 0 unspecified atom stereocenters. The topological polar surface area (TPSA) is 143 Å². The molecule has 0 saturated heterocycles. The second-order valence-electron chi connectivity index (χ2n) is 12.1. The van der Waals surface area contributed by atoms with E-state index in [2.05, 4.69) is 16.0 Å². The maximum Gasteiger partial charge on any atom is 0.410 e. The summed E-state index contributed by atoms with van der Waals surface area (Å²) in [6.07, 6.45) is 1.58. The van der Waals surface area contributed by atoms with Crippen molar-refractivity contribution < 1.29 is 33.4 Å². The van der Waals surface area contributed by atoms with Gasteiger partial charge in [0.1, 0.15) is 16.3 Å². The van der Waals surface area contributed by atoms with Crippen LogP contribution >= 0.6 is 34.4 Å². The number of carbonyl (C=O) groups excluding carboxylic acids is 5. The van der Waals surface area contributed by atoms with Gasteiger partial charge < -0.3 is 30.3 Å². The number of nitrogens with one attached hydrogen (secondary N) is 3. The average Bonchev–Trinajstić information content (AvgIpc) is 3.73. The number of ether oxygens (including phenoxy) is 2. The van der Waals surface area contributed by atoms with Crippen LogP contribution in [0.25, 0.3) is 6.08 Å². The number of thiophene rings is 2. The number of hydrogen-bond acceptors (Lipinski definition) is 10. The fourth-order valence-corrected chi connectivity index (χ4v) is 7.57. The fourth-order valence-electron chi connectivity index (χ4n) is 4.93. The smallest absolute Gasteiger partial charge is 0.410 e. The van der Waals surface area contributed by atoms with E-state index in [4.69, 9.17) is 9.47 Å². The predicted octanol–water partition coefficient (Wildman–Crippen LogP) is 7.03. The van der Waals surface area contributed by atoms with Crippen LogP contribution in [0.2, 0.25) is 0 Å². The molecule has 2 aromatic heterocycles. The molecule has 260 valence electrons. The molecular formula is C36H36N4O7S3. The van der Waals surface area contributed by atoms with Gasteiger partial charge in [0.15, 0.2) is 0 Å². The summed E-state index contributed by atoms with van der Waals surface area (Å²) in [5, 5.41) is 12.5. The number of methoxy groups -OCH3 is 1. The molecule has 0 atom stereocenters. The Labute approximate surface area is 302 Å². The third kappa shape index (κ3) is 9.61. The third-order valence-electron chi connectivity index (χ3n) is 7.20. The highest BCUT2D eigenvalue weighted by molar-refractivity contribution is 8.00. The molecular weight excluding hydrogens is 697 g/mol. The third-order valence-corrected chi connectivity index (χ3v) is 10.0. The molecule has 3 N–H and O–H groups in total. The standard InChI is InChI=1S/C36H36N4O7S3/c1-36(2,3)47-35(45)40-15-13-26-28(19-40)50-33(30(26)34(44)46-4)39-29(41)21-49-25-12-8-11-24(18-25)37-32(43)27(17-22-14-16-48-20-22)38-31(42)23-9-6-5-7-10-23/h5-12,14,16-18,20H,13,15,19,21H2,1-4H3,(H,37,43)(H,38,42)(H,39,41)/b27-17-. The van der Waals surface area contributed by atoms with Gasteiger partial charge in [0, 0.05) is 27.6 Å². The van der Waals surface area contributed by atoms with E-state index in [1.165, 1.54) is 41.5 Å². The van der Waals surface area contributed by atoms with Crippen LogP contribution in [0, 0.1) is 0 Å². The lowest BCUT2D eigenvalue weighted by atomic mass is 10.0. The van der Waals surface area contributed by atoms with Gasteiger partial charge in [0.2, 0.25) is 5.91 Å². The highest BCUT2D eigenvalue weighted by Gasteiger charge is 2.32. The van der Waals surface area contributed by atoms with E-state index < -0.39 is 29.5 Å². The summed E-state index contributed by atoms with van der Waals surface area (Å²) >= 11 is 3.95. The van der Waals surface area contributed by atoms with Crippen molar-refractivity contribution in [3.63, 3.8) is 0 Å². The van der Waals surface area contributed by atoms with Crippen LogP contribution in [-0.2, 0) is 32.0 Å². The van der Waals surface area contributed by atoms with Gasteiger partial charge in [-0.05, 0) is 91.6 Å². The Balaban J connectivity index is 1.23. The van der Waals surface area contributed by atoms with Crippen molar-refractivity contribution in [3.8, 4) is 0 Å². The Hall–Kier alpha value is -4.92. The summed E-state index contributed by atoms with van der Waals surface area (Å²) < 4.78 is 10.5. The number of benzene rings is 2. The summed E-state index contributed by atoms with van der Waals surface area (Å²) in [4.78, 5) is 67.9. The second kappa shape index (κ2) is 16.2. The summed E-state index contributed by atoms with van der Waals surface area (Å²) in [5.41, 5.74) is 2.13. The van der Waals surface area contributed by atoms with E-state index in [9.17, 15) is 24.0 Å². The molecule has 0 spiro atoms. The largest absolute Gasteiger partial charge is 0.465 e. The van der Waals surface area contributed by atoms with Gasteiger partial charge in [0.25, 0.3) is 11.8 Å². The van der Waals surface area contributed by atoms with Gasteiger partial charge in [-0.3, -0.25) is 14.4 Å². The Morgan fingerprint density at radius 3 is 2.48 bits per heavy atom. The lowest BCUT2D eigenvalue weighted by Gasteiger charge is -2.30. The number of nitrogens with zero attached hydrogens (tertiary/aromatic N) is 1. The molecule has 0 aliphatic carbocycles. The van der Waals surface area contributed by atoms with Gasteiger partial charge in [-0.2, -0.15) is 11.3 Å². The molecule has 11 nitrogen and oxygen atoms in total. The summed E-state index contributed by atoms with van der Waals surface area (Å²) in [6.45, 7) is 6.02. The van der Waals surface area contributed by atoms with Gasteiger partial charge in [-0.15, -0.1) is 23.1 Å². The normalized spacial score (nSPS) is 12.8. The summed E-state index contributed by atoms with van der Waals surface area (Å²) in [7, 11) is 1.29. The minimum Gasteiger partial charge on any atom is -0.465 e. The molecule has 3 heterocycles. The zero-order chi connectivity index (χ0) is 35.8. The van der Waals surface area contributed by atoms with Gasteiger partial charge in [-0.1, -0.05) is 24.3 Å². The molecule has 4 amide bonds. The number of carbonyl (C=O) groups is 5. The number of thioether (sulfide) groups is 1. The number of esters is 1. The average molecular weight is 733 g/mol. The number of anilines is 2. The SMILES string of the molecule is COC(=O)c1c(NC(=O)CSc2cccc(NC(=O)/C(=C/c3ccsc3)NC(=O)c3ccccc3)c2)sc2c1CCN(C(=O)OC(C)(C)C)C2. The van der Waals surface area contributed by atoms with Crippen molar-refractivity contribution in [2.24, 2.45) is 0 Å². The Morgan fingerprint density at radius 1 is 1.00 bits per heavy atom. The van der Waals surface area contributed by atoms with Crippen molar-refractivity contribution in [1.82, 2.24) is 10.2 Å². The van der Waals surface area contributed by atoms with Crippen molar-refractivity contribution in [2.45, 2.75) is 44.2 Å². The van der Waals surface area contributed by atoms with Crippen molar-refractivity contribution >= 4 is 81.0 Å². The number of fused-ring (bicyclic) bond motifs is 1. The summed E-state index contributed by atoms with van der Waals surface area (Å²) in [5.74, 6) is -1.82. The Kier molecular flexibility index (Phi) is 11.8. The summed E-state index contributed by atoms with van der Waals surface area (Å²) in [6, 6.07) is 17.5. The van der Waals surface area contributed by atoms with Crippen LogP contribution in [0.1, 0.15) is 57.5 Å². The maximum absolute atomic E-state index is 13.4. The van der Waals surface area contributed by atoms with Gasteiger partial charge in [0.05, 0.1) is 25.0 Å². The Morgan fingerprint density at radius 2 is 1.78 bits per heavy atom. The molecule has 0 radical (unpaired) electrons. The van der Waals surface area contributed by atoms with Crippen molar-refractivity contribution in [3.05, 3.63) is 104 Å². The zero-order valence-corrected chi connectivity index (χ0v) is 30.3. The molecule has 1 aliphatic heterocycles. The predicted molar refractivity (Wildman–Crippen MR) is 197 cm³/mol. The maximum atomic E-state index is 13.4. The van der Waals surface area contributed by atoms with E-state index in [-0.39, 0.29) is 23.9 Å². The van der Waals surface area contributed by atoms with E-state index in [0.717, 1.165) is 16.0 Å². The van der Waals surface area contributed by atoms with E-state index in [1.807, 2.05) is 22.9 Å². The zero-order valence-electron chi connectivity index (χ0n) is 27.9. The van der Waals surface area contributed by atoms with Gasteiger partial charge >= 0.3 is 12.1 Å². The molecule has 2 aromatic carbocycles. The number of rotatable bonds is 10. The van der Waals surface area contributed by atoms with Crippen LogP contribution in [0.5, 0.6) is 0 Å². The van der Waals surface area contributed by atoms with E-state index in [1.54, 1.807) is 80.3 Å². The number of amides is 4. The second-order valence-corrected chi connectivity index (χ2v) is 15.0. The molecule has 0 saturated carbocycles. The van der Waals surface area contributed by atoms with E-state index in [0.29, 0.717) is 39.7 Å². The Bertz CT molecular complexity index is 1910. The first-order valence-corrected chi connectivity index (χ1v) is 18.3. The minimum atomic E-state index is -0.643. The lowest BCUT2D eigenvalue weighted by molar-refractivity contribution is -0.114. The first-order valence-electron chi connectivity index (χ1n) is 15.6. The number of hydrogen-bond donors (Lipinski definition) is 3. The highest BCUT2D eigenvalue weighted by atomic mass is 32.2.